The van der Waals surface area contributed by atoms with Crippen LogP contribution in [0.5, 0.6) is 5.75 Å². The molecule has 34 heavy (non-hydrogen) atoms. The molecular weight excluding hydrogens is 441 g/mol. The van der Waals surface area contributed by atoms with Crippen LogP contribution in [-0.2, 0) is 22.7 Å². The SMILES string of the molecule is CCOC(=O)C1=C(C)NC(=O)NC1c1ccc(OCc2cn(Cc3ccc(F)cc3)nn2)cc1. The van der Waals surface area contributed by atoms with Gasteiger partial charge in [0.25, 0.3) is 0 Å². The highest BCUT2D eigenvalue weighted by molar-refractivity contribution is 5.95. The fourth-order valence-corrected chi connectivity index (χ4v) is 3.60. The van der Waals surface area contributed by atoms with E-state index in [9.17, 15) is 14.0 Å². The standard InChI is InChI=1S/C24H24FN5O4/c1-3-33-23(31)21-15(2)26-24(32)27-22(21)17-6-10-20(11-7-17)34-14-19-13-30(29-28-19)12-16-4-8-18(25)9-5-16/h4-11,13,22H,3,12,14H2,1-2H3,(H2,26,27,32). The summed E-state index contributed by atoms with van der Waals surface area (Å²) in [6.45, 7) is 4.31. The minimum Gasteiger partial charge on any atom is -0.487 e. The Labute approximate surface area is 195 Å². The Morgan fingerprint density at radius 1 is 1.15 bits per heavy atom. The zero-order valence-corrected chi connectivity index (χ0v) is 18.7. The number of ether oxygens (including phenoxy) is 2. The Kier molecular flexibility index (Phi) is 6.86. The predicted molar refractivity (Wildman–Crippen MR) is 120 cm³/mol. The van der Waals surface area contributed by atoms with E-state index in [4.69, 9.17) is 9.47 Å². The van der Waals surface area contributed by atoms with Crippen LogP contribution in [-0.4, -0.2) is 33.6 Å². The molecule has 0 saturated heterocycles. The van der Waals surface area contributed by atoms with E-state index >= 15 is 0 Å². The van der Waals surface area contributed by atoms with Gasteiger partial charge in [-0.1, -0.05) is 29.5 Å². The summed E-state index contributed by atoms with van der Waals surface area (Å²) in [5, 5.41) is 13.5. The first-order chi connectivity index (χ1) is 16.4. The Morgan fingerprint density at radius 3 is 2.59 bits per heavy atom. The van der Waals surface area contributed by atoms with Gasteiger partial charge in [0.15, 0.2) is 0 Å². The van der Waals surface area contributed by atoms with Gasteiger partial charge < -0.3 is 20.1 Å². The van der Waals surface area contributed by atoms with Crippen molar-refractivity contribution in [1.82, 2.24) is 25.6 Å². The van der Waals surface area contributed by atoms with E-state index in [1.807, 2.05) is 0 Å². The van der Waals surface area contributed by atoms with Crippen molar-refractivity contribution < 1.29 is 23.5 Å². The molecule has 1 aliphatic heterocycles. The summed E-state index contributed by atoms with van der Waals surface area (Å²) in [6.07, 6.45) is 1.77. The Bertz CT molecular complexity index is 1200. The normalized spacial score (nSPS) is 15.5. The zero-order chi connectivity index (χ0) is 24.1. The molecule has 0 bridgehead atoms. The molecule has 1 aliphatic rings. The summed E-state index contributed by atoms with van der Waals surface area (Å²) in [5.74, 6) is -0.176. The van der Waals surface area contributed by atoms with E-state index in [1.165, 1.54) is 12.1 Å². The van der Waals surface area contributed by atoms with E-state index < -0.39 is 12.0 Å². The van der Waals surface area contributed by atoms with Crippen molar-refractivity contribution >= 4 is 12.0 Å². The van der Waals surface area contributed by atoms with E-state index in [0.717, 1.165) is 11.1 Å². The molecule has 1 unspecified atom stereocenters. The first-order valence-electron chi connectivity index (χ1n) is 10.7. The molecule has 9 nitrogen and oxygen atoms in total. The molecule has 0 radical (unpaired) electrons. The van der Waals surface area contributed by atoms with Gasteiger partial charge in [0.2, 0.25) is 0 Å². The Morgan fingerprint density at radius 2 is 1.88 bits per heavy atom. The van der Waals surface area contributed by atoms with Crippen LogP contribution in [0.1, 0.15) is 36.7 Å². The van der Waals surface area contributed by atoms with E-state index in [0.29, 0.717) is 29.3 Å². The van der Waals surface area contributed by atoms with Crippen molar-refractivity contribution in [3.8, 4) is 5.75 Å². The van der Waals surface area contributed by atoms with Crippen LogP contribution in [0.15, 0.2) is 66.0 Å². The van der Waals surface area contributed by atoms with Gasteiger partial charge in [0.05, 0.1) is 31.0 Å². The molecule has 0 aliphatic carbocycles. The maximum atomic E-state index is 13.0. The molecule has 2 amide bonds. The molecule has 176 valence electrons. The fraction of sp³-hybridized carbons (Fsp3) is 0.250. The van der Waals surface area contributed by atoms with Crippen molar-refractivity contribution in [3.63, 3.8) is 0 Å². The number of nitrogens with one attached hydrogen (secondary N) is 2. The highest BCUT2D eigenvalue weighted by Gasteiger charge is 2.32. The third kappa shape index (κ3) is 5.40. The highest BCUT2D eigenvalue weighted by Crippen LogP contribution is 2.29. The van der Waals surface area contributed by atoms with Crippen LogP contribution in [0.4, 0.5) is 9.18 Å². The molecule has 1 aromatic heterocycles. The third-order valence-corrected chi connectivity index (χ3v) is 5.21. The van der Waals surface area contributed by atoms with Gasteiger partial charge in [-0.2, -0.15) is 0 Å². The van der Waals surface area contributed by atoms with Gasteiger partial charge in [-0.05, 0) is 49.2 Å². The summed E-state index contributed by atoms with van der Waals surface area (Å²) < 4.78 is 25.7. The van der Waals surface area contributed by atoms with Crippen LogP contribution >= 0.6 is 0 Å². The summed E-state index contributed by atoms with van der Waals surface area (Å²) in [4.78, 5) is 24.4. The number of amides is 2. The van der Waals surface area contributed by atoms with Gasteiger partial charge in [-0.15, -0.1) is 5.10 Å². The number of carbonyl (C=O) groups excluding carboxylic acids is 2. The van der Waals surface area contributed by atoms with Gasteiger partial charge >= 0.3 is 12.0 Å². The number of benzene rings is 2. The lowest BCUT2D eigenvalue weighted by molar-refractivity contribution is -0.139. The molecule has 3 aromatic rings. The number of aromatic nitrogens is 3. The number of nitrogens with zero attached hydrogens (tertiary/aromatic N) is 3. The van der Waals surface area contributed by atoms with Crippen molar-refractivity contribution in [2.24, 2.45) is 0 Å². The molecule has 2 aromatic carbocycles. The first kappa shape index (κ1) is 23.0. The molecule has 10 heteroatoms. The monoisotopic (exact) mass is 465 g/mol. The van der Waals surface area contributed by atoms with Gasteiger partial charge in [0.1, 0.15) is 23.9 Å². The number of urea groups is 1. The third-order valence-electron chi connectivity index (χ3n) is 5.21. The van der Waals surface area contributed by atoms with Crippen LogP contribution < -0.4 is 15.4 Å². The smallest absolute Gasteiger partial charge is 0.338 e. The lowest BCUT2D eigenvalue weighted by Crippen LogP contribution is -2.45. The number of rotatable bonds is 8. The number of hydrogen-bond acceptors (Lipinski definition) is 6. The molecule has 2 N–H and O–H groups in total. The Hall–Kier alpha value is -4.21. The van der Waals surface area contributed by atoms with Crippen LogP contribution in [0.25, 0.3) is 0 Å². The van der Waals surface area contributed by atoms with Gasteiger partial charge in [-0.3, -0.25) is 0 Å². The zero-order valence-electron chi connectivity index (χ0n) is 18.7. The summed E-state index contributed by atoms with van der Waals surface area (Å²) >= 11 is 0. The maximum absolute atomic E-state index is 13.0. The topological polar surface area (TPSA) is 107 Å². The average Bonchev–Trinajstić information content (AvgIpc) is 3.26. The lowest BCUT2D eigenvalue weighted by Gasteiger charge is -2.28. The number of carbonyl (C=O) groups is 2. The van der Waals surface area contributed by atoms with Crippen LogP contribution in [0, 0.1) is 5.82 Å². The fourth-order valence-electron chi connectivity index (χ4n) is 3.60. The van der Waals surface area contributed by atoms with E-state index in [1.54, 1.807) is 61.1 Å². The summed E-state index contributed by atoms with van der Waals surface area (Å²) in [6, 6.07) is 12.3. The molecule has 4 rings (SSSR count). The first-order valence-corrected chi connectivity index (χ1v) is 10.7. The van der Waals surface area contributed by atoms with Crippen LogP contribution in [0.2, 0.25) is 0 Å². The number of esters is 1. The van der Waals surface area contributed by atoms with E-state index in [2.05, 4.69) is 20.9 Å². The van der Waals surface area contributed by atoms with Gasteiger partial charge in [-0.25, -0.2) is 18.7 Å². The number of halogens is 1. The lowest BCUT2D eigenvalue weighted by atomic mass is 9.95. The van der Waals surface area contributed by atoms with Gasteiger partial charge in [0, 0.05) is 5.70 Å². The molecule has 0 fully saturated rings. The quantitative estimate of drug-likeness (QED) is 0.495. The predicted octanol–water partition coefficient (Wildman–Crippen LogP) is 3.24. The largest absolute Gasteiger partial charge is 0.487 e. The highest BCUT2D eigenvalue weighted by atomic mass is 19.1. The summed E-state index contributed by atoms with van der Waals surface area (Å²) in [5.41, 5.74) is 3.07. The molecule has 2 heterocycles. The second kappa shape index (κ2) is 10.2. The minimum atomic E-state index is -0.631. The van der Waals surface area contributed by atoms with Crippen molar-refractivity contribution in [2.45, 2.75) is 33.0 Å². The second-order valence-corrected chi connectivity index (χ2v) is 7.68. The molecule has 0 spiro atoms. The summed E-state index contributed by atoms with van der Waals surface area (Å²) in [7, 11) is 0. The maximum Gasteiger partial charge on any atom is 0.338 e. The molecule has 1 atom stereocenters. The van der Waals surface area contributed by atoms with Crippen LogP contribution in [0.3, 0.4) is 0 Å². The van der Waals surface area contributed by atoms with E-state index in [-0.39, 0.29) is 25.1 Å². The minimum absolute atomic E-state index is 0.208. The van der Waals surface area contributed by atoms with Crippen molar-refractivity contribution in [3.05, 3.63) is 88.6 Å². The molecule has 0 saturated carbocycles. The number of hydrogen-bond donors (Lipinski definition) is 2. The van der Waals surface area contributed by atoms with Crippen molar-refractivity contribution in [2.75, 3.05) is 6.61 Å². The van der Waals surface area contributed by atoms with Crippen molar-refractivity contribution in [1.29, 1.82) is 0 Å². The molecular formula is C24H24FN5O4. The Balaban J connectivity index is 1.39. The second-order valence-electron chi connectivity index (χ2n) is 7.68. The number of allylic oxidation sites excluding steroid dienone is 1. The average molecular weight is 465 g/mol.